The first-order valence-electron chi connectivity index (χ1n) is 10.4. The van der Waals surface area contributed by atoms with Crippen molar-refractivity contribution < 1.29 is 17.6 Å². The van der Waals surface area contributed by atoms with Crippen molar-refractivity contribution in [3.63, 3.8) is 0 Å². The van der Waals surface area contributed by atoms with Crippen molar-refractivity contribution in [2.75, 3.05) is 0 Å². The Hall–Kier alpha value is -4.08. The molecule has 1 fully saturated rings. The molecular formula is C21H17F3N8O2. The topological polar surface area (TPSA) is 139 Å². The summed E-state index contributed by atoms with van der Waals surface area (Å²) in [5, 5.41) is 21.7. The molecule has 34 heavy (non-hydrogen) atoms. The molecule has 0 aromatic carbocycles. The van der Waals surface area contributed by atoms with Crippen LogP contribution in [0, 0.1) is 18.3 Å². The van der Waals surface area contributed by atoms with Crippen LogP contribution < -0.4 is 5.56 Å². The summed E-state index contributed by atoms with van der Waals surface area (Å²) in [6, 6.07) is 3.41. The van der Waals surface area contributed by atoms with Gasteiger partial charge in [-0.3, -0.25) is 9.78 Å². The number of alkyl halides is 3. The fourth-order valence-electron chi connectivity index (χ4n) is 4.13. The number of hydrogen-bond donors (Lipinski definition) is 1. The quantitative estimate of drug-likeness (QED) is 0.479. The molecule has 1 aliphatic rings. The Morgan fingerprint density at radius 2 is 2.03 bits per heavy atom. The number of hydrogen-bond acceptors (Lipinski definition) is 8. The van der Waals surface area contributed by atoms with E-state index in [1.807, 2.05) is 6.07 Å². The van der Waals surface area contributed by atoms with Crippen LogP contribution in [0.3, 0.4) is 0 Å². The van der Waals surface area contributed by atoms with Crippen LogP contribution >= 0.6 is 0 Å². The number of fused-ring (bicyclic) bond motifs is 1. The van der Waals surface area contributed by atoms with Gasteiger partial charge in [-0.2, -0.15) is 23.5 Å². The molecule has 0 amide bonds. The predicted octanol–water partition coefficient (Wildman–Crippen LogP) is 3.37. The van der Waals surface area contributed by atoms with Crippen molar-refractivity contribution in [2.45, 2.75) is 50.7 Å². The maximum atomic E-state index is 12.9. The monoisotopic (exact) mass is 470 g/mol. The predicted molar refractivity (Wildman–Crippen MR) is 110 cm³/mol. The van der Waals surface area contributed by atoms with E-state index < -0.39 is 23.5 Å². The van der Waals surface area contributed by atoms with Crippen molar-refractivity contribution in [2.24, 2.45) is 0 Å². The molecule has 0 aliphatic heterocycles. The number of nitrogens with zero attached hydrogens (tertiary/aromatic N) is 7. The van der Waals surface area contributed by atoms with E-state index in [0.717, 1.165) is 25.1 Å². The molecule has 10 nitrogen and oxygen atoms in total. The maximum absolute atomic E-state index is 12.9. The summed E-state index contributed by atoms with van der Waals surface area (Å²) >= 11 is 0. The van der Waals surface area contributed by atoms with Crippen LogP contribution in [0.15, 0.2) is 27.5 Å². The Labute approximate surface area is 189 Å². The molecule has 174 valence electrons. The number of aromatic nitrogens is 7. The molecule has 5 rings (SSSR count). The Morgan fingerprint density at radius 3 is 2.59 bits per heavy atom. The highest BCUT2D eigenvalue weighted by Crippen LogP contribution is 2.47. The second-order valence-electron chi connectivity index (χ2n) is 8.15. The molecule has 3 atom stereocenters. The number of rotatable bonds is 4. The standard InChI is InChI=1S/C21H17F3N8O2/c1-9(11-3-6-15(26-8-11)21(22,23)24)32-18-16(14(7-25)31-32)19(33)28-17(27-18)12-4-5-13(12)20-30-29-10(2)34-20/h3,6,8-9,12-13H,4-5H2,1-2H3,(H,27,28,33)/t9-,12-,13-/m1/s1. The lowest BCUT2D eigenvalue weighted by atomic mass is 9.73. The fraction of sp³-hybridized carbons (Fsp3) is 0.381. The molecule has 0 saturated heterocycles. The van der Waals surface area contributed by atoms with E-state index in [2.05, 4.69) is 30.2 Å². The van der Waals surface area contributed by atoms with Gasteiger partial charge < -0.3 is 9.40 Å². The molecule has 1 aliphatic carbocycles. The SMILES string of the molecule is Cc1nnc([C@@H]2CC[C@H]2c2nc3c(c(C#N)nn3[C@H](C)c3ccc(C(F)(F)F)nc3)c(=O)[nH]2)o1. The van der Waals surface area contributed by atoms with E-state index in [9.17, 15) is 23.2 Å². The van der Waals surface area contributed by atoms with Crippen LogP contribution in [0.5, 0.6) is 0 Å². The van der Waals surface area contributed by atoms with Crippen LogP contribution in [0.2, 0.25) is 0 Å². The zero-order valence-corrected chi connectivity index (χ0v) is 18.0. The Balaban J connectivity index is 1.57. The van der Waals surface area contributed by atoms with Gasteiger partial charge >= 0.3 is 6.18 Å². The lowest BCUT2D eigenvalue weighted by Crippen LogP contribution is -2.27. The maximum Gasteiger partial charge on any atom is 0.433 e. The molecule has 1 N–H and O–H groups in total. The summed E-state index contributed by atoms with van der Waals surface area (Å²) < 4.78 is 45.5. The Morgan fingerprint density at radius 1 is 1.26 bits per heavy atom. The van der Waals surface area contributed by atoms with Gasteiger partial charge in [0.25, 0.3) is 5.56 Å². The van der Waals surface area contributed by atoms with Crippen LogP contribution in [0.1, 0.15) is 72.2 Å². The highest BCUT2D eigenvalue weighted by atomic mass is 19.4. The summed E-state index contributed by atoms with van der Waals surface area (Å²) in [7, 11) is 0. The number of pyridine rings is 1. The van der Waals surface area contributed by atoms with Gasteiger partial charge in [0.15, 0.2) is 11.3 Å². The Bertz CT molecular complexity index is 1480. The molecule has 4 aromatic heterocycles. The zero-order chi connectivity index (χ0) is 24.2. The third-order valence-corrected chi connectivity index (χ3v) is 6.10. The van der Waals surface area contributed by atoms with Gasteiger partial charge in [0.05, 0.1) is 6.04 Å². The largest absolute Gasteiger partial charge is 0.433 e. The summed E-state index contributed by atoms with van der Waals surface area (Å²) in [5.41, 5.74) is -1.09. The smallest absolute Gasteiger partial charge is 0.425 e. The Kier molecular flexibility index (Phi) is 4.96. The van der Waals surface area contributed by atoms with E-state index in [4.69, 9.17) is 4.42 Å². The van der Waals surface area contributed by atoms with Crippen LogP contribution in [-0.2, 0) is 6.18 Å². The normalized spacial score (nSPS) is 19.1. The number of aryl methyl sites for hydroxylation is 1. The fourth-order valence-corrected chi connectivity index (χ4v) is 4.13. The van der Waals surface area contributed by atoms with Gasteiger partial charge in [0.2, 0.25) is 11.8 Å². The second kappa shape index (κ2) is 7.75. The molecule has 4 aromatic rings. The van der Waals surface area contributed by atoms with E-state index in [1.165, 1.54) is 10.7 Å². The number of halogens is 3. The third-order valence-electron chi connectivity index (χ3n) is 6.10. The van der Waals surface area contributed by atoms with E-state index in [0.29, 0.717) is 23.2 Å². The van der Waals surface area contributed by atoms with Crippen molar-refractivity contribution in [3.05, 3.63) is 63.2 Å². The lowest BCUT2D eigenvalue weighted by molar-refractivity contribution is -0.141. The van der Waals surface area contributed by atoms with Crippen molar-refractivity contribution >= 4 is 11.0 Å². The minimum Gasteiger partial charge on any atom is -0.425 e. The van der Waals surface area contributed by atoms with Crippen molar-refractivity contribution in [1.82, 2.24) is 34.9 Å². The summed E-state index contributed by atoms with van der Waals surface area (Å²) in [5.74, 6) is 1.02. The molecule has 4 heterocycles. The molecule has 0 spiro atoms. The molecule has 13 heteroatoms. The zero-order valence-electron chi connectivity index (χ0n) is 18.0. The highest BCUT2D eigenvalue weighted by Gasteiger charge is 2.39. The minimum absolute atomic E-state index is 0.0162. The average molecular weight is 470 g/mol. The first-order chi connectivity index (χ1) is 16.2. The van der Waals surface area contributed by atoms with E-state index in [-0.39, 0.29) is 28.6 Å². The molecular weight excluding hydrogens is 453 g/mol. The van der Waals surface area contributed by atoms with Crippen molar-refractivity contribution in [1.29, 1.82) is 5.26 Å². The highest BCUT2D eigenvalue weighted by molar-refractivity contribution is 5.80. The van der Waals surface area contributed by atoms with Gasteiger partial charge in [0, 0.05) is 25.0 Å². The van der Waals surface area contributed by atoms with Gasteiger partial charge in [-0.05, 0) is 31.4 Å². The average Bonchev–Trinajstić information content (AvgIpc) is 3.35. The number of nitrogens with one attached hydrogen (secondary N) is 1. The van der Waals surface area contributed by atoms with Gasteiger partial charge in [-0.15, -0.1) is 10.2 Å². The minimum atomic E-state index is -4.56. The third kappa shape index (κ3) is 3.51. The number of H-pyrrole nitrogens is 1. The molecule has 1 saturated carbocycles. The molecule has 0 radical (unpaired) electrons. The first-order valence-corrected chi connectivity index (χ1v) is 10.4. The van der Waals surface area contributed by atoms with Gasteiger partial charge in [-0.25, -0.2) is 9.67 Å². The van der Waals surface area contributed by atoms with Crippen LogP contribution in [0.4, 0.5) is 13.2 Å². The molecule has 0 bridgehead atoms. The second-order valence-corrected chi connectivity index (χ2v) is 8.15. The first kappa shape index (κ1) is 21.7. The molecule has 0 unspecified atom stereocenters. The van der Waals surface area contributed by atoms with Crippen molar-refractivity contribution in [3.8, 4) is 6.07 Å². The summed E-state index contributed by atoms with van der Waals surface area (Å²) in [4.78, 5) is 23.8. The van der Waals surface area contributed by atoms with Crippen LogP contribution in [-0.4, -0.2) is 34.9 Å². The van der Waals surface area contributed by atoms with Crippen LogP contribution in [0.25, 0.3) is 11.0 Å². The van der Waals surface area contributed by atoms with Gasteiger partial charge in [-0.1, -0.05) is 6.07 Å². The lowest BCUT2D eigenvalue weighted by Gasteiger charge is -2.32. The van der Waals surface area contributed by atoms with Gasteiger partial charge in [0.1, 0.15) is 23.0 Å². The summed E-state index contributed by atoms with van der Waals surface area (Å²) in [6.45, 7) is 3.36. The van der Waals surface area contributed by atoms with E-state index in [1.54, 1.807) is 13.8 Å². The number of nitriles is 1. The number of aromatic amines is 1. The van der Waals surface area contributed by atoms with E-state index >= 15 is 0 Å². The summed E-state index contributed by atoms with van der Waals surface area (Å²) in [6.07, 6.45) is -1.95.